The van der Waals surface area contributed by atoms with Gasteiger partial charge < -0.3 is 5.11 Å². The molecule has 0 aromatic heterocycles. The highest BCUT2D eigenvalue weighted by Gasteiger charge is 2.38. The second-order valence-corrected chi connectivity index (χ2v) is 7.83. The van der Waals surface area contributed by atoms with Gasteiger partial charge in [0.05, 0.1) is 9.82 Å². The van der Waals surface area contributed by atoms with Crippen LogP contribution in [0.3, 0.4) is 0 Å². The Balaban J connectivity index is 1.89. The van der Waals surface area contributed by atoms with Crippen molar-refractivity contribution in [2.24, 2.45) is 0 Å². The normalized spacial score (nSPS) is 21.8. The molecule has 1 heterocycles. The summed E-state index contributed by atoms with van der Waals surface area (Å²) in [4.78, 5) is 10.1. The molecule has 0 spiro atoms. The van der Waals surface area contributed by atoms with E-state index in [2.05, 4.69) is 0 Å². The van der Waals surface area contributed by atoms with Crippen LogP contribution in [0.1, 0.15) is 24.3 Å². The zero-order valence-corrected chi connectivity index (χ0v) is 14.2. The Morgan fingerprint density at radius 1 is 1.08 bits per heavy atom. The molecular weight excluding hydrogens is 344 g/mol. The number of non-ortho nitro benzene ring substituents is 1. The van der Waals surface area contributed by atoms with Crippen LogP contribution in [0.4, 0.5) is 5.69 Å². The third-order valence-electron chi connectivity index (χ3n) is 4.43. The van der Waals surface area contributed by atoms with E-state index in [0.29, 0.717) is 12.8 Å². The van der Waals surface area contributed by atoms with Crippen LogP contribution in [0.2, 0.25) is 0 Å². The molecule has 1 aliphatic heterocycles. The Kier molecular flexibility index (Phi) is 4.85. The Hall–Kier alpha value is -2.29. The standard InChI is InChI=1S/C17H18N2O5S/c20-17-16(13-5-2-1-3-6-13)7-4-12-18(17)25(23,24)15-10-8-14(9-11-15)19(21)22/h1-3,5-6,8-11,16-17,20H,4,7,12H2/t16-,17+/m1/s1. The first kappa shape index (κ1) is 17.5. The number of nitro groups is 1. The van der Waals surface area contributed by atoms with Crippen LogP contribution in [0, 0.1) is 10.1 Å². The number of piperidine rings is 1. The minimum Gasteiger partial charge on any atom is -0.377 e. The molecule has 8 heteroatoms. The summed E-state index contributed by atoms with van der Waals surface area (Å²) in [6, 6.07) is 14.0. The van der Waals surface area contributed by atoms with Crippen LogP contribution >= 0.6 is 0 Å². The highest BCUT2D eigenvalue weighted by atomic mass is 32.2. The van der Waals surface area contributed by atoms with E-state index in [1.54, 1.807) is 0 Å². The average Bonchev–Trinajstić information content (AvgIpc) is 2.62. The van der Waals surface area contributed by atoms with Gasteiger partial charge in [-0.25, -0.2) is 8.42 Å². The Bertz CT molecular complexity index is 852. The molecule has 0 saturated carbocycles. The van der Waals surface area contributed by atoms with Gasteiger partial charge in [0.15, 0.2) is 0 Å². The lowest BCUT2D eigenvalue weighted by molar-refractivity contribution is -0.384. The van der Waals surface area contributed by atoms with Crippen molar-refractivity contribution in [3.63, 3.8) is 0 Å². The predicted octanol–water partition coefficient (Wildman–Crippen LogP) is 2.48. The van der Waals surface area contributed by atoms with Gasteiger partial charge in [0.1, 0.15) is 6.23 Å². The van der Waals surface area contributed by atoms with Crippen LogP contribution in [0.15, 0.2) is 59.5 Å². The van der Waals surface area contributed by atoms with Crippen molar-refractivity contribution in [2.45, 2.75) is 29.9 Å². The van der Waals surface area contributed by atoms with Crippen molar-refractivity contribution in [1.29, 1.82) is 0 Å². The second-order valence-electron chi connectivity index (χ2n) is 5.94. The van der Waals surface area contributed by atoms with Gasteiger partial charge in [-0.15, -0.1) is 0 Å². The smallest absolute Gasteiger partial charge is 0.269 e. The minimum atomic E-state index is -3.93. The SMILES string of the molecule is O=[N+]([O-])c1ccc(S(=O)(=O)N2CCC[C@H](c3ccccc3)[C@@H]2O)cc1. The zero-order valence-electron chi connectivity index (χ0n) is 13.4. The number of sulfonamides is 1. The molecular formula is C17H18N2O5S. The molecule has 7 nitrogen and oxygen atoms in total. The second kappa shape index (κ2) is 6.91. The lowest BCUT2D eigenvalue weighted by Crippen LogP contribution is -2.47. The molecule has 2 atom stereocenters. The molecule has 1 aliphatic rings. The summed E-state index contributed by atoms with van der Waals surface area (Å²) < 4.78 is 26.8. The summed E-state index contributed by atoms with van der Waals surface area (Å²) in [5.41, 5.74) is 0.707. The summed E-state index contributed by atoms with van der Waals surface area (Å²) in [6.45, 7) is 0.212. The van der Waals surface area contributed by atoms with Gasteiger partial charge in [0, 0.05) is 24.6 Å². The lowest BCUT2D eigenvalue weighted by Gasteiger charge is -2.37. The van der Waals surface area contributed by atoms with E-state index in [0.717, 1.165) is 22.0 Å². The minimum absolute atomic E-state index is 0.0640. The van der Waals surface area contributed by atoms with Crippen LogP contribution in [0.5, 0.6) is 0 Å². The maximum absolute atomic E-state index is 12.9. The molecule has 0 aliphatic carbocycles. The molecule has 2 aromatic carbocycles. The highest BCUT2D eigenvalue weighted by molar-refractivity contribution is 7.89. The quantitative estimate of drug-likeness (QED) is 0.665. The molecule has 25 heavy (non-hydrogen) atoms. The first-order valence-electron chi connectivity index (χ1n) is 7.90. The van der Waals surface area contributed by atoms with E-state index in [9.17, 15) is 23.6 Å². The number of benzene rings is 2. The Morgan fingerprint density at radius 2 is 1.72 bits per heavy atom. The average molecular weight is 362 g/mol. The van der Waals surface area contributed by atoms with Gasteiger partial charge in [-0.1, -0.05) is 30.3 Å². The van der Waals surface area contributed by atoms with Crippen molar-refractivity contribution >= 4 is 15.7 Å². The van der Waals surface area contributed by atoms with Crippen molar-refractivity contribution in [2.75, 3.05) is 6.54 Å². The first-order valence-corrected chi connectivity index (χ1v) is 9.34. The number of nitrogens with zero attached hydrogens (tertiary/aromatic N) is 2. The predicted molar refractivity (Wildman–Crippen MR) is 91.4 cm³/mol. The molecule has 1 fully saturated rings. The fraction of sp³-hybridized carbons (Fsp3) is 0.294. The van der Waals surface area contributed by atoms with E-state index in [1.807, 2.05) is 30.3 Å². The van der Waals surface area contributed by atoms with Gasteiger partial charge in [0.25, 0.3) is 5.69 Å². The fourth-order valence-corrected chi connectivity index (χ4v) is 4.68. The van der Waals surface area contributed by atoms with Gasteiger partial charge >= 0.3 is 0 Å². The van der Waals surface area contributed by atoms with Crippen LogP contribution < -0.4 is 0 Å². The summed E-state index contributed by atoms with van der Waals surface area (Å²) in [5.74, 6) is -0.303. The number of rotatable bonds is 4. The molecule has 0 unspecified atom stereocenters. The van der Waals surface area contributed by atoms with E-state index < -0.39 is 21.2 Å². The summed E-state index contributed by atoms with van der Waals surface area (Å²) in [6.07, 6.45) is 0.150. The van der Waals surface area contributed by atoms with E-state index in [1.165, 1.54) is 12.1 Å². The first-order chi connectivity index (χ1) is 11.9. The number of hydrogen-bond acceptors (Lipinski definition) is 5. The number of aliphatic hydroxyl groups excluding tert-OH is 1. The van der Waals surface area contributed by atoms with Crippen molar-refractivity contribution in [3.8, 4) is 0 Å². The van der Waals surface area contributed by atoms with Gasteiger partial charge in [-0.05, 0) is 30.5 Å². The highest BCUT2D eigenvalue weighted by Crippen LogP contribution is 2.34. The number of hydrogen-bond donors (Lipinski definition) is 1. The molecule has 0 bridgehead atoms. The Labute approximate surface area is 145 Å². The Morgan fingerprint density at radius 3 is 2.32 bits per heavy atom. The van der Waals surface area contributed by atoms with Crippen LogP contribution in [0.25, 0.3) is 0 Å². The fourth-order valence-electron chi connectivity index (χ4n) is 3.13. The van der Waals surface area contributed by atoms with Gasteiger partial charge in [-0.2, -0.15) is 4.31 Å². The van der Waals surface area contributed by atoms with Crippen LogP contribution in [-0.2, 0) is 10.0 Å². The van der Waals surface area contributed by atoms with Crippen molar-refractivity contribution < 1.29 is 18.4 Å². The molecule has 2 aromatic rings. The summed E-state index contributed by atoms with van der Waals surface area (Å²) in [5, 5.41) is 21.4. The van der Waals surface area contributed by atoms with E-state index in [-0.39, 0.29) is 23.0 Å². The monoisotopic (exact) mass is 362 g/mol. The number of aliphatic hydroxyl groups is 1. The largest absolute Gasteiger partial charge is 0.377 e. The maximum Gasteiger partial charge on any atom is 0.269 e. The third-order valence-corrected chi connectivity index (χ3v) is 6.31. The number of nitro benzene ring substituents is 1. The molecule has 0 amide bonds. The third kappa shape index (κ3) is 3.41. The summed E-state index contributed by atoms with van der Waals surface area (Å²) >= 11 is 0. The zero-order chi connectivity index (χ0) is 18.0. The van der Waals surface area contributed by atoms with E-state index in [4.69, 9.17) is 0 Å². The van der Waals surface area contributed by atoms with E-state index >= 15 is 0 Å². The molecule has 1 N–H and O–H groups in total. The van der Waals surface area contributed by atoms with Crippen molar-refractivity contribution in [3.05, 3.63) is 70.3 Å². The van der Waals surface area contributed by atoms with Gasteiger partial charge in [-0.3, -0.25) is 10.1 Å². The molecule has 0 radical (unpaired) electrons. The van der Waals surface area contributed by atoms with Crippen molar-refractivity contribution in [1.82, 2.24) is 4.31 Å². The topological polar surface area (TPSA) is 101 Å². The lowest BCUT2D eigenvalue weighted by atomic mass is 9.90. The molecule has 3 rings (SSSR count). The maximum atomic E-state index is 12.9. The van der Waals surface area contributed by atoms with Crippen LogP contribution in [-0.4, -0.2) is 35.5 Å². The molecule has 1 saturated heterocycles. The van der Waals surface area contributed by atoms with Gasteiger partial charge in [0.2, 0.25) is 10.0 Å². The summed E-state index contributed by atoms with van der Waals surface area (Å²) in [7, 11) is -3.93. The molecule has 132 valence electrons.